The Morgan fingerprint density at radius 3 is 2.30 bits per heavy atom. The van der Waals surface area contributed by atoms with Gasteiger partial charge in [-0.05, 0) is 26.0 Å². The third kappa shape index (κ3) is 3.94. The Kier molecular flexibility index (Phi) is 5.82. The highest BCUT2D eigenvalue weighted by atomic mass is 16.5. The number of allylic oxidation sites excluding steroid dienone is 2. The number of nitrogens with zero attached hydrogens (tertiary/aromatic N) is 2. The van der Waals surface area contributed by atoms with Crippen LogP contribution in [-0.4, -0.2) is 68.0 Å². The normalized spacial score (nSPS) is 28.1. The van der Waals surface area contributed by atoms with Crippen LogP contribution in [0.15, 0.2) is 24.4 Å². The zero-order valence-corrected chi connectivity index (χ0v) is 13.4. The first-order chi connectivity index (χ1) is 9.74. The van der Waals surface area contributed by atoms with Crippen LogP contribution < -0.4 is 0 Å². The van der Waals surface area contributed by atoms with E-state index in [4.69, 9.17) is 4.74 Å². The summed E-state index contributed by atoms with van der Waals surface area (Å²) in [5.41, 5.74) is 0. The van der Waals surface area contributed by atoms with Gasteiger partial charge in [-0.15, -0.1) is 0 Å². The van der Waals surface area contributed by atoms with Crippen molar-refractivity contribution in [1.29, 1.82) is 0 Å². The summed E-state index contributed by atoms with van der Waals surface area (Å²) in [5.74, 6) is 0. The summed E-state index contributed by atoms with van der Waals surface area (Å²) in [6.07, 6.45) is 11.7. The first-order valence-corrected chi connectivity index (χ1v) is 8.37. The van der Waals surface area contributed by atoms with Gasteiger partial charge < -0.3 is 9.22 Å². The maximum atomic E-state index is 5.96. The number of likely N-dealkylation sites (tertiary alicyclic amines) is 1. The standard InChI is InChI=1S/C17H32N2O/c1-3-18(10-6-5-7-11-18)14-16-20-17-15-19(4-2)12-8-9-13-19/h5-7,10H,3-4,8-9,11-17H2,1-2H3/q+2. The fourth-order valence-electron chi connectivity index (χ4n) is 3.51. The Bertz CT molecular complexity index is 345. The molecule has 2 aliphatic heterocycles. The van der Waals surface area contributed by atoms with E-state index in [1.54, 1.807) is 0 Å². The van der Waals surface area contributed by atoms with E-state index in [1.165, 1.54) is 43.5 Å². The Morgan fingerprint density at radius 1 is 0.950 bits per heavy atom. The van der Waals surface area contributed by atoms with E-state index in [0.717, 1.165) is 37.3 Å². The maximum Gasteiger partial charge on any atom is 0.107 e. The largest absolute Gasteiger partial charge is 0.370 e. The van der Waals surface area contributed by atoms with Gasteiger partial charge in [-0.2, -0.15) is 0 Å². The van der Waals surface area contributed by atoms with Gasteiger partial charge in [-0.3, -0.25) is 4.48 Å². The van der Waals surface area contributed by atoms with Gasteiger partial charge in [-0.1, -0.05) is 6.08 Å². The van der Waals surface area contributed by atoms with E-state index >= 15 is 0 Å². The molecule has 0 aromatic carbocycles. The molecule has 0 radical (unpaired) electrons. The van der Waals surface area contributed by atoms with E-state index in [2.05, 4.69) is 38.3 Å². The summed E-state index contributed by atoms with van der Waals surface area (Å²) in [6.45, 7) is 15.0. The molecule has 0 N–H and O–H groups in total. The molecule has 0 aromatic rings. The molecule has 0 bridgehead atoms. The predicted octanol–water partition coefficient (Wildman–Crippen LogP) is 2.55. The number of hydrogen-bond donors (Lipinski definition) is 0. The molecule has 3 heteroatoms. The molecule has 1 atom stereocenters. The van der Waals surface area contributed by atoms with E-state index in [0.29, 0.717) is 0 Å². The molecule has 20 heavy (non-hydrogen) atoms. The number of hydrogen-bond acceptors (Lipinski definition) is 1. The first kappa shape index (κ1) is 15.7. The second-order valence-electron chi connectivity index (χ2n) is 6.36. The van der Waals surface area contributed by atoms with Gasteiger partial charge in [-0.25, -0.2) is 0 Å². The Labute approximate surface area is 124 Å². The van der Waals surface area contributed by atoms with Crippen molar-refractivity contribution >= 4 is 0 Å². The Hall–Kier alpha value is -0.640. The van der Waals surface area contributed by atoms with Crippen LogP contribution in [-0.2, 0) is 4.74 Å². The van der Waals surface area contributed by atoms with Crippen molar-refractivity contribution in [2.75, 3.05) is 59.0 Å². The molecule has 0 saturated carbocycles. The number of likely N-dealkylation sites (N-methyl/N-ethyl adjacent to an activating group) is 2. The molecule has 1 saturated heterocycles. The Morgan fingerprint density at radius 2 is 1.70 bits per heavy atom. The molecule has 2 rings (SSSR count). The van der Waals surface area contributed by atoms with E-state index in [9.17, 15) is 0 Å². The van der Waals surface area contributed by atoms with Crippen molar-refractivity contribution in [2.24, 2.45) is 0 Å². The van der Waals surface area contributed by atoms with Crippen LogP contribution in [0, 0.1) is 0 Å². The van der Waals surface area contributed by atoms with Crippen LogP contribution in [0.4, 0.5) is 0 Å². The smallest absolute Gasteiger partial charge is 0.107 e. The summed E-state index contributed by atoms with van der Waals surface area (Å²) < 4.78 is 8.30. The molecule has 0 aromatic heterocycles. The van der Waals surface area contributed by atoms with Gasteiger partial charge in [0.2, 0.25) is 0 Å². The highest BCUT2D eigenvalue weighted by Gasteiger charge is 2.29. The molecule has 0 aliphatic carbocycles. The highest BCUT2D eigenvalue weighted by Crippen LogP contribution is 2.18. The van der Waals surface area contributed by atoms with Crippen LogP contribution >= 0.6 is 0 Å². The zero-order chi connectivity index (χ0) is 14.3. The van der Waals surface area contributed by atoms with E-state index in [1.807, 2.05) is 0 Å². The second-order valence-corrected chi connectivity index (χ2v) is 6.36. The van der Waals surface area contributed by atoms with Gasteiger partial charge in [0.1, 0.15) is 19.6 Å². The Balaban J connectivity index is 1.66. The van der Waals surface area contributed by atoms with Gasteiger partial charge >= 0.3 is 0 Å². The van der Waals surface area contributed by atoms with Crippen LogP contribution in [0.1, 0.15) is 26.7 Å². The zero-order valence-electron chi connectivity index (χ0n) is 13.4. The lowest BCUT2D eigenvalue weighted by Crippen LogP contribution is -2.48. The number of rotatable bonds is 8. The third-order valence-corrected chi connectivity index (χ3v) is 5.32. The van der Waals surface area contributed by atoms with Crippen molar-refractivity contribution in [3.8, 4) is 0 Å². The average molecular weight is 280 g/mol. The highest BCUT2D eigenvalue weighted by molar-refractivity contribution is 5.03. The summed E-state index contributed by atoms with van der Waals surface area (Å²) in [7, 11) is 0. The quantitative estimate of drug-likeness (QED) is 0.490. The monoisotopic (exact) mass is 280 g/mol. The van der Waals surface area contributed by atoms with Crippen molar-refractivity contribution < 1.29 is 13.7 Å². The average Bonchev–Trinajstić information content (AvgIpc) is 2.97. The van der Waals surface area contributed by atoms with Crippen LogP contribution in [0.5, 0.6) is 0 Å². The molecular weight excluding hydrogens is 248 g/mol. The fraction of sp³-hybridized carbons (Fsp3) is 0.765. The molecule has 1 fully saturated rings. The van der Waals surface area contributed by atoms with Crippen LogP contribution in [0.2, 0.25) is 0 Å². The fourth-order valence-corrected chi connectivity index (χ4v) is 3.51. The lowest BCUT2D eigenvalue weighted by Gasteiger charge is -2.35. The molecule has 2 aliphatic rings. The number of ether oxygens (including phenoxy) is 1. The molecule has 0 spiro atoms. The lowest BCUT2D eigenvalue weighted by molar-refractivity contribution is -0.915. The van der Waals surface area contributed by atoms with Crippen molar-refractivity contribution in [3.63, 3.8) is 0 Å². The predicted molar refractivity (Wildman–Crippen MR) is 84.3 cm³/mol. The van der Waals surface area contributed by atoms with E-state index < -0.39 is 0 Å². The number of quaternary nitrogens is 2. The topological polar surface area (TPSA) is 9.23 Å². The summed E-state index contributed by atoms with van der Waals surface area (Å²) >= 11 is 0. The second kappa shape index (κ2) is 7.39. The summed E-state index contributed by atoms with van der Waals surface area (Å²) in [4.78, 5) is 0. The maximum absolute atomic E-state index is 5.96. The van der Waals surface area contributed by atoms with Crippen molar-refractivity contribution in [2.45, 2.75) is 26.7 Å². The van der Waals surface area contributed by atoms with Crippen molar-refractivity contribution in [3.05, 3.63) is 24.4 Å². The van der Waals surface area contributed by atoms with Gasteiger partial charge in [0, 0.05) is 12.8 Å². The third-order valence-electron chi connectivity index (χ3n) is 5.32. The van der Waals surface area contributed by atoms with Gasteiger partial charge in [0.05, 0.1) is 45.6 Å². The van der Waals surface area contributed by atoms with Crippen LogP contribution in [0.25, 0.3) is 0 Å². The van der Waals surface area contributed by atoms with Gasteiger partial charge in [0.15, 0.2) is 0 Å². The summed E-state index contributed by atoms with van der Waals surface area (Å²) in [5, 5.41) is 0. The molecule has 0 amide bonds. The minimum absolute atomic E-state index is 0.885. The molecule has 3 nitrogen and oxygen atoms in total. The van der Waals surface area contributed by atoms with Gasteiger partial charge in [0.25, 0.3) is 0 Å². The molecule has 2 heterocycles. The van der Waals surface area contributed by atoms with E-state index in [-0.39, 0.29) is 0 Å². The first-order valence-electron chi connectivity index (χ1n) is 8.37. The summed E-state index contributed by atoms with van der Waals surface area (Å²) in [6, 6.07) is 0. The lowest BCUT2D eigenvalue weighted by atomic mass is 10.2. The van der Waals surface area contributed by atoms with Crippen LogP contribution in [0.3, 0.4) is 0 Å². The SMILES string of the molecule is CC[N+]1(CCOCC[N+]2(CC)CCCC2)C=CC=CC1. The minimum Gasteiger partial charge on any atom is -0.370 e. The molecule has 1 unspecified atom stereocenters. The molecular formula is C17H32N2O+2. The minimum atomic E-state index is 0.885. The van der Waals surface area contributed by atoms with Crippen molar-refractivity contribution in [1.82, 2.24) is 0 Å². The molecule has 114 valence electrons.